The third kappa shape index (κ3) is 2.35. The Balaban J connectivity index is 2.05. The molecule has 2 aromatic carbocycles. The summed E-state index contributed by atoms with van der Waals surface area (Å²) in [6.45, 7) is 1.87. The fourth-order valence-corrected chi connectivity index (χ4v) is 2.10. The van der Waals surface area contributed by atoms with Gasteiger partial charge >= 0.3 is 5.92 Å². The first-order valence-corrected chi connectivity index (χ1v) is 6.41. The monoisotopic (exact) mass is 289 g/mol. The Labute approximate surface area is 120 Å². The first kappa shape index (κ1) is 13.5. The molecule has 0 atom stereocenters. The SMILES string of the molecule is COc1ccc(C(F)(F)c2nc3cc(C)ccc3o2)cc1. The van der Waals surface area contributed by atoms with Crippen molar-refractivity contribution in [1.29, 1.82) is 0 Å². The summed E-state index contributed by atoms with van der Waals surface area (Å²) in [4.78, 5) is 3.92. The van der Waals surface area contributed by atoms with E-state index < -0.39 is 11.8 Å². The fraction of sp³-hybridized carbons (Fsp3) is 0.188. The van der Waals surface area contributed by atoms with E-state index in [1.807, 2.05) is 6.92 Å². The van der Waals surface area contributed by atoms with Crippen molar-refractivity contribution < 1.29 is 17.9 Å². The van der Waals surface area contributed by atoms with Crippen molar-refractivity contribution in [3.8, 4) is 5.75 Å². The largest absolute Gasteiger partial charge is 0.497 e. The number of methoxy groups -OCH3 is 1. The first-order chi connectivity index (χ1) is 10.0. The molecule has 0 fully saturated rings. The zero-order chi connectivity index (χ0) is 15.0. The molecule has 3 aromatic rings. The van der Waals surface area contributed by atoms with E-state index in [1.165, 1.54) is 31.4 Å². The zero-order valence-corrected chi connectivity index (χ0v) is 11.6. The maximum absolute atomic E-state index is 14.5. The molecule has 0 radical (unpaired) electrons. The summed E-state index contributed by atoms with van der Waals surface area (Å²) < 4.78 is 39.1. The highest BCUT2D eigenvalue weighted by molar-refractivity contribution is 5.73. The number of aromatic nitrogens is 1. The van der Waals surface area contributed by atoms with Crippen LogP contribution in [0.15, 0.2) is 46.9 Å². The Hall–Kier alpha value is -2.43. The van der Waals surface area contributed by atoms with Crippen LogP contribution in [-0.2, 0) is 5.92 Å². The standard InChI is InChI=1S/C16H13F2NO2/c1-10-3-8-14-13(9-10)19-15(21-14)16(17,18)11-4-6-12(20-2)7-5-11/h3-9H,1-2H3. The Kier molecular flexibility index (Phi) is 3.12. The predicted octanol–water partition coefficient (Wildman–Crippen LogP) is 4.28. The second-order valence-electron chi connectivity index (χ2n) is 4.79. The van der Waals surface area contributed by atoms with E-state index in [9.17, 15) is 8.78 Å². The highest BCUT2D eigenvalue weighted by Gasteiger charge is 2.39. The van der Waals surface area contributed by atoms with Crippen LogP contribution in [0.5, 0.6) is 5.75 Å². The number of oxazole rings is 1. The van der Waals surface area contributed by atoms with Gasteiger partial charge in [0.2, 0.25) is 0 Å². The molecule has 0 spiro atoms. The molecule has 0 aliphatic rings. The van der Waals surface area contributed by atoms with E-state index in [-0.39, 0.29) is 5.56 Å². The fourth-order valence-electron chi connectivity index (χ4n) is 2.10. The summed E-state index contributed by atoms with van der Waals surface area (Å²) in [5, 5.41) is 0. The highest BCUT2D eigenvalue weighted by atomic mass is 19.3. The lowest BCUT2D eigenvalue weighted by Gasteiger charge is -2.12. The Bertz CT molecular complexity index is 779. The summed E-state index contributed by atoms with van der Waals surface area (Å²) in [6.07, 6.45) is 0. The smallest absolute Gasteiger partial charge is 0.347 e. The van der Waals surface area contributed by atoms with Gasteiger partial charge in [0.25, 0.3) is 5.89 Å². The number of rotatable bonds is 3. The van der Waals surface area contributed by atoms with E-state index in [0.717, 1.165) is 5.56 Å². The number of benzene rings is 2. The van der Waals surface area contributed by atoms with Crippen molar-refractivity contribution >= 4 is 11.1 Å². The van der Waals surface area contributed by atoms with Gasteiger partial charge in [-0.2, -0.15) is 8.78 Å². The Morgan fingerprint density at radius 1 is 1.10 bits per heavy atom. The van der Waals surface area contributed by atoms with Crippen molar-refractivity contribution in [1.82, 2.24) is 4.98 Å². The summed E-state index contributed by atoms with van der Waals surface area (Å²) in [5.74, 6) is -3.38. The van der Waals surface area contributed by atoms with E-state index in [0.29, 0.717) is 16.8 Å². The summed E-state index contributed by atoms with van der Waals surface area (Å²) >= 11 is 0. The van der Waals surface area contributed by atoms with E-state index in [1.54, 1.807) is 18.2 Å². The van der Waals surface area contributed by atoms with Crippen LogP contribution in [0.3, 0.4) is 0 Å². The molecule has 1 heterocycles. The average Bonchev–Trinajstić information content (AvgIpc) is 2.91. The van der Waals surface area contributed by atoms with Crippen LogP contribution >= 0.6 is 0 Å². The Morgan fingerprint density at radius 2 is 1.81 bits per heavy atom. The molecule has 21 heavy (non-hydrogen) atoms. The molecule has 3 rings (SSSR count). The van der Waals surface area contributed by atoms with Gasteiger partial charge in [0.15, 0.2) is 5.58 Å². The normalized spacial score (nSPS) is 11.8. The lowest BCUT2D eigenvalue weighted by molar-refractivity contribution is 0.0147. The first-order valence-electron chi connectivity index (χ1n) is 6.41. The summed E-state index contributed by atoms with van der Waals surface area (Å²) in [6, 6.07) is 10.7. The lowest BCUT2D eigenvalue weighted by atomic mass is 10.1. The minimum atomic E-state index is -3.29. The van der Waals surface area contributed by atoms with Gasteiger partial charge in [-0.15, -0.1) is 0 Å². The zero-order valence-electron chi connectivity index (χ0n) is 11.6. The van der Waals surface area contributed by atoms with Crippen molar-refractivity contribution in [3.05, 3.63) is 59.5 Å². The number of halogens is 2. The topological polar surface area (TPSA) is 35.3 Å². The summed E-state index contributed by atoms with van der Waals surface area (Å²) in [5.41, 5.74) is 1.53. The third-order valence-corrected chi connectivity index (χ3v) is 3.26. The van der Waals surface area contributed by atoms with E-state index in [4.69, 9.17) is 9.15 Å². The molecule has 0 saturated heterocycles. The number of hydrogen-bond donors (Lipinski definition) is 0. The van der Waals surface area contributed by atoms with Gasteiger partial charge in [-0.3, -0.25) is 0 Å². The number of fused-ring (bicyclic) bond motifs is 1. The second kappa shape index (κ2) is 4.84. The van der Waals surface area contributed by atoms with Gasteiger partial charge in [-0.25, -0.2) is 4.98 Å². The molecule has 0 saturated carbocycles. The van der Waals surface area contributed by atoms with Crippen LogP contribution < -0.4 is 4.74 Å². The quantitative estimate of drug-likeness (QED) is 0.721. The highest BCUT2D eigenvalue weighted by Crippen LogP contribution is 2.37. The van der Waals surface area contributed by atoms with Gasteiger partial charge in [-0.1, -0.05) is 6.07 Å². The molecule has 5 heteroatoms. The molecule has 108 valence electrons. The minimum absolute atomic E-state index is 0.188. The second-order valence-corrected chi connectivity index (χ2v) is 4.79. The van der Waals surface area contributed by atoms with Crippen molar-refractivity contribution in [2.75, 3.05) is 7.11 Å². The minimum Gasteiger partial charge on any atom is -0.497 e. The van der Waals surface area contributed by atoms with Gasteiger partial charge in [0.1, 0.15) is 11.3 Å². The Morgan fingerprint density at radius 3 is 2.48 bits per heavy atom. The van der Waals surface area contributed by atoms with Gasteiger partial charge in [0.05, 0.1) is 7.11 Å². The average molecular weight is 289 g/mol. The van der Waals surface area contributed by atoms with E-state index in [2.05, 4.69) is 4.98 Å². The molecule has 0 N–H and O–H groups in total. The third-order valence-electron chi connectivity index (χ3n) is 3.26. The molecular formula is C16H13F2NO2. The molecule has 0 amide bonds. The maximum atomic E-state index is 14.5. The van der Waals surface area contributed by atoms with Crippen LogP contribution in [0.4, 0.5) is 8.78 Å². The molecule has 0 aliphatic heterocycles. The van der Waals surface area contributed by atoms with Crippen LogP contribution in [-0.4, -0.2) is 12.1 Å². The molecule has 1 aromatic heterocycles. The molecule has 0 bridgehead atoms. The number of ether oxygens (including phenoxy) is 1. The molecular weight excluding hydrogens is 276 g/mol. The van der Waals surface area contributed by atoms with E-state index >= 15 is 0 Å². The number of aryl methyl sites for hydroxylation is 1. The lowest BCUT2D eigenvalue weighted by Crippen LogP contribution is -2.15. The molecule has 0 aliphatic carbocycles. The number of nitrogens with zero attached hydrogens (tertiary/aromatic N) is 1. The van der Waals surface area contributed by atoms with Crippen LogP contribution in [0.1, 0.15) is 17.0 Å². The molecule has 0 unspecified atom stereocenters. The van der Waals surface area contributed by atoms with Crippen LogP contribution in [0, 0.1) is 6.92 Å². The van der Waals surface area contributed by atoms with Crippen molar-refractivity contribution in [3.63, 3.8) is 0 Å². The predicted molar refractivity (Wildman–Crippen MR) is 74.7 cm³/mol. The van der Waals surface area contributed by atoms with Gasteiger partial charge in [0, 0.05) is 5.56 Å². The van der Waals surface area contributed by atoms with Crippen molar-refractivity contribution in [2.24, 2.45) is 0 Å². The maximum Gasteiger partial charge on any atom is 0.347 e. The van der Waals surface area contributed by atoms with Gasteiger partial charge < -0.3 is 9.15 Å². The van der Waals surface area contributed by atoms with Crippen LogP contribution in [0.2, 0.25) is 0 Å². The number of alkyl halides is 2. The molecule has 3 nitrogen and oxygen atoms in total. The van der Waals surface area contributed by atoms with Crippen molar-refractivity contribution in [2.45, 2.75) is 12.8 Å². The number of hydrogen-bond acceptors (Lipinski definition) is 3. The van der Waals surface area contributed by atoms with Crippen LogP contribution in [0.25, 0.3) is 11.1 Å². The van der Waals surface area contributed by atoms with Gasteiger partial charge in [-0.05, 0) is 48.9 Å². The summed E-state index contributed by atoms with van der Waals surface area (Å²) in [7, 11) is 1.48.